The van der Waals surface area contributed by atoms with Gasteiger partial charge in [-0.1, -0.05) is 53.3 Å². The summed E-state index contributed by atoms with van der Waals surface area (Å²) in [7, 11) is 0. The standard InChI is InChI=1S/C20H20N6OS/c1-13-9-11-15(12-10-13)21-24-19-18(27)23-26-20(28-19)25-22-17-8-4-6-14-5-2-3-7-16(14)17/h2-3,5,7,9-12,21H,4,6,8H2,1H3,(H,23,27)(H,25,26)/b22-17+,24-19-. The maximum atomic E-state index is 12.0. The topological polar surface area (TPSA) is 94.5 Å². The lowest BCUT2D eigenvalue weighted by Gasteiger charge is -2.17. The van der Waals surface area contributed by atoms with E-state index < -0.39 is 0 Å². The molecule has 0 atom stereocenters. The van der Waals surface area contributed by atoms with Gasteiger partial charge < -0.3 is 0 Å². The monoisotopic (exact) mass is 392 g/mol. The van der Waals surface area contributed by atoms with Crippen molar-refractivity contribution in [3.05, 3.63) is 80.2 Å². The summed E-state index contributed by atoms with van der Waals surface area (Å²) in [6.45, 7) is 2.01. The van der Waals surface area contributed by atoms with Crippen molar-refractivity contribution in [2.24, 2.45) is 10.2 Å². The Bertz CT molecular complexity index is 1130. The Morgan fingerprint density at radius 1 is 1.04 bits per heavy atom. The summed E-state index contributed by atoms with van der Waals surface area (Å²) in [5.41, 5.74) is 11.0. The average molecular weight is 392 g/mol. The normalized spacial score (nSPS) is 15.3. The number of anilines is 2. The molecule has 28 heavy (non-hydrogen) atoms. The number of nitrogens with one attached hydrogen (secondary N) is 3. The highest BCUT2D eigenvalue weighted by atomic mass is 32.1. The van der Waals surface area contributed by atoms with Crippen LogP contribution in [0.15, 0.2) is 63.5 Å². The number of aromatic nitrogens is 2. The predicted octanol–water partition coefficient (Wildman–Crippen LogP) is 3.22. The van der Waals surface area contributed by atoms with Crippen LogP contribution in [0.3, 0.4) is 0 Å². The molecule has 0 aliphatic heterocycles. The fraction of sp³-hybridized carbons (Fsp3) is 0.200. The van der Waals surface area contributed by atoms with Crippen LogP contribution in [0.4, 0.5) is 10.8 Å². The van der Waals surface area contributed by atoms with Gasteiger partial charge in [0.15, 0.2) is 0 Å². The van der Waals surface area contributed by atoms with Gasteiger partial charge >= 0.3 is 5.56 Å². The number of aromatic amines is 1. The smallest absolute Gasteiger partial charge is 0.277 e. The maximum Gasteiger partial charge on any atom is 0.302 e. The molecule has 0 fully saturated rings. The van der Waals surface area contributed by atoms with E-state index >= 15 is 0 Å². The average Bonchev–Trinajstić information content (AvgIpc) is 2.73. The molecule has 0 bridgehead atoms. The van der Waals surface area contributed by atoms with Gasteiger partial charge in [0, 0.05) is 5.56 Å². The molecule has 1 aliphatic carbocycles. The maximum absolute atomic E-state index is 12.0. The van der Waals surface area contributed by atoms with Crippen LogP contribution < -0.4 is 21.1 Å². The van der Waals surface area contributed by atoms with Crippen molar-refractivity contribution in [2.75, 3.05) is 10.9 Å². The van der Waals surface area contributed by atoms with Gasteiger partial charge in [-0.25, -0.2) is 5.10 Å². The van der Waals surface area contributed by atoms with Crippen molar-refractivity contribution < 1.29 is 0 Å². The first kappa shape index (κ1) is 18.1. The van der Waals surface area contributed by atoms with Gasteiger partial charge in [0.1, 0.15) is 0 Å². The molecule has 7 nitrogen and oxygen atoms in total. The second-order valence-corrected chi connectivity index (χ2v) is 7.51. The number of hydrogen-bond donors (Lipinski definition) is 3. The molecule has 0 saturated heterocycles. The van der Waals surface area contributed by atoms with E-state index in [-0.39, 0.29) is 10.2 Å². The molecule has 2 aromatic carbocycles. The Labute approximate surface area is 165 Å². The number of hydrogen-bond acceptors (Lipinski definition) is 7. The van der Waals surface area contributed by atoms with Gasteiger partial charge in [-0.2, -0.15) is 10.2 Å². The first-order valence-electron chi connectivity index (χ1n) is 9.06. The molecule has 1 heterocycles. The van der Waals surface area contributed by atoms with Crippen LogP contribution in [0.5, 0.6) is 0 Å². The lowest BCUT2D eigenvalue weighted by atomic mass is 9.90. The second kappa shape index (κ2) is 8.18. The number of nitrogens with zero attached hydrogens (tertiary/aromatic N) is 3. The van der Waals surface area contributed by atoms with E-state index in [9.17, 15) is 4.79 Å². The number of hydrazone groups is 1. The summed E-state index contributed by atoms with van der Waals surface area (Å²) >= 11 is 1.14. The Kier molecular flexibility index (Phi) is 5.29. The molecule has 0 amide bonds. The van der Waals surface area contributed by atoms with Crippen molar-refractivity contribution in [3.63, 3.8) is 0 Å². The third-order valence-corrected chi connectivity index (χ3v) is 5.31. The summed E-state index contributed by atoms with van der Waals surface area (Å²) in [6, 6.07) is 16.1. The van der Waals surface area contributed by atoms with Crippen LogP contribution in [0.25, 0.3) is 0 Å². The van der Waals surface area contributed by atoms with Crippen LogP contribution in [-0.4, -0.2) is 15.9 Å². The highest BCUT2D eigenvalue weighted by molar-refractivity contribution is 7.12. The lowest BCUT2D eigenvalue weighted by molar-refractivity contribution is 0.836. The molecular weight excluding hydrogens is 372 g/mol. The first-order chi connectivity index (χ1) is 13.7. The first-order valence-corrected chi connectivity index (χ1v) is 9.88. The molecule has 1 aromatic heterocycles. The Balaban J connectivity index is 1.55. The van der Waals surface area contributed by atoms with Gasteiger partial charge in [0.25, 0.3) is 0 Å². The van der Waals surface area contributed by atoms with Crippen LogP contribution in [-0.2, 0) is 6.42 Å². The third kappa shape index (κ3) is 4.17. The quantitative estimate of drug-likeness (QED) is 0.594. The molecule has 0 radical (unpaired) electrons. The van der Waals surface area contributed by atoms with Gasteiger partial charge in [0.05, 0.1) is 11.4 Å². The number of aryl methyl sites for hydroxylation is 2. The highest BCUT2D eigenvalue weighted by Crippen LogP contribution is 2.21. The number of rotatable bonds is 4. The van der Waals surface area contributed by atoms with Gasteiger partial charge in [-0.3, -0.25) is 15.6 Å². The van der Waals surface area contributed by atoms with E-state index in [0.717, 1.165) is 47.6 Å². The van der Waals surface area contributed by atoms with E-state index in [1.165, 1.54) is 11.1 Å². The Morgan fingerprint density at radius 3 is 2.71 bits per heavy atom. The fourth-order valence-corrected chi connectivity index (χ4v) is 3.60. The largest absolute Gasteiger partial charge is 0.302 e. The van der Waals surface area contributed by atoms with Crippen molar-refractivity contribution in [1.29, 1.82) is 0 Å². The molecule has 0 spiro atoms. The molecule has 0 unspecified atom stereocenters. The zero-order chi connectivity index (χ0) is 19.3. The van der Waals surface area contributed by atoms with E-state index in [0.29, 0.717) is 5.13 Å². The molecule has 1 aliphatic rings. The SMILES string of the molecule is Cc1ccc(N/N=c2\sc(N/N=C3\CCCc4ccccc43)n[nH]c2=O)cc1. The Morgan fingerprint density at radius 2 is 1.86 bits per heavy atom. The lowest BCUT2D eigenvalue weighted by Crippen LogP contribution is -2.27. The summed E-state index contributed by atoms with van der Waals surface area (Å²) in [4.78, 5) is 12.0. The molecule has 8 heteroatoms. The Hall–Kier alpha value is -3.26. The zero-order valence-corrected chi connectivity index (χ0v) is 16.2. The summed E-state index contributed by atoms with van der Waals surface area (Å²) < 4.78 is 0.266. The second-order valence-electron chi connectivity index (χ2n) is 6.54. The van der Waals surface area contributed by atoms with E-state index in [1.807, 2.05) is 37.3 Å². The number of H-pyrrole nitrogens is 1. The number of fused-ring (bicyclic) bond motifs is 1. The molecule has 0 saturated carbocycles. The predicted molar refractivity (Wildman–Crippen MR) is 113 cm³/mol. The van der Waals surface area contributed by atoms with E-state index in [1.54, 1.807) is 0 Å². The van der Waals surface area contributed by atoms with Crippen LogP contribution in [0.2, 0.25) is 0 Å². The molecule has 3 N–H and O–H groups in total. The van der Waals surface area contributed by atoms with Crippen molar-refractivity contribution in [1.82, 2.24) is 10.2 Å². The van der Waals surface area contributed by atoms with Gasteiger partial charge in [-0.05, 0) is 43.9 Å². The van der Waals surface area contributed by atoms with Crippen molar-refractivity contribution >= 4 is 27.9 Å². The summed E-state index contributed by atoms with van der Waals surface area (Å²) in [5, 5.41) is 15.7. The van der Waals surface area contributed by atoms with Crippen molar-refractivity contribution in [2.45, 2.75) is 26.2 Å². The zero-order valence-electron chi connectivity index (χ0n) is 15.4. The highest BCUT2D eigenvalue weighted by Gasteiger charge is 2.14. The number of benzene rings is 2. The summed E-state index contributed by atoms with van der Waals surface area (Å²) in [6.07, 6.45) is 3.05. The molecule has 142 valence electrons. The van der Waals surface area contributed by atoms with Gasteiger partial charge in [0.2, 0.25) is 9.80 Å². The molecular formula is C20H20N6OS. The fourth-order valence-electron chi connectivity index (χ4n) is 3.01. The van der Waals surface area contributed by atoms with Crippen molar-refractivity contribution in [3.8, 4) is 0 Å². The minimum Gasteiger partial charge on any atom is -0.277 e. The van der Waals surface area contributed by atoms with Crippen LogP contribution in [0, 0.1) is 6.92 Å². The van der Waals surface area contributed by atoms with Gasteiger partial charge in [-0.15, -0.1) is 5.10 Å². The van der Waals surface area contributed by atoms with Crippen LogP contribution >= 0.6 is 11.3 Å². The minimum atomic E-state index is -0.356. The molecule has 3 aromatic rings. The molecule has 4 rings (SSSR count). The third-order valence-electron chi connectivity index (χ3n) is 4.46. The van der Waals surface area contributed by atoms with E-state index in [4.69, 9.17) is 0 Å². The summed E-state index contributed by atoms with van der Waals surface area (Å²) in [5.74, 6) is 0. The minimum absolute atomic E-state index is 0.266. The van der Waals surface area contributed by atoms with E-state index in [2.05, 4.69) is 49.5 Å². The van der Waals surface area contributed by atoms with Crippen LogP contribution in [0.1, 0.15) is 29.5 Å².